The van der Waals surface area contributed by atoms with Crippen LogP contribution in [0.15, 0.2) is 0 Å². The van der Waals surface area contributed by atoms with Crippen LogP contribution in [0, 0.1) is 34.5 Å². The van der Waals surface area contributed by atoms with Gasteiger partial charge >= 0.3 is 0 Å². The third-order valence-electron chi connectivity index (χ3n) is 8.75. The molecule has 4 unspecified atom stereocenters. The van der Waals surface area contributed by atoms with Gasteiger partial charge in [-0.05, 0) is 79.4 Å². The van der Waals surface area contributed by atoms with E-state index in [9.17, 15) is 0 Å². The maximum absolute atomic E-state index is 2.77. The predicted octanol–water partition coefficient (Wildman–Crippen LogP) is 6.98. The first-order valence-corrected chi connectivity index (χ1v) is 10.6. The molecule has 0 nitrogen and oxygen atoms in total. The van der Waals surface area contributed by atoms with Crippen LogP contribution in [0.4, 0.5) is 0 Å². The van der Waals surface area contributed by atoms with Gasteiger partial charge in [-0.15, -0.1) is 0 Å². The molecule has 0 saturated heterocycles. The van der Waals surface area contributed by atoms with Crippen LogP contribution in [0.1, 0.15) is 104 Å². The van der Waals surface area contributed by atoms with E-state index in [2.05, 4.69) is 13.8 Å². The van der Waals surface area contributed by atoms with E-state index in [1.165, 1.54) is 57.8 Å². The first kappa shape index (κ1) is 15.5. The van der Waals surface area contributed by atoms with Crippen LogP contribution in [-0.4, -0.2) is 0 Å². The number of hydrogen-bond acceptors (Lipinski definition) is 0. The molecule has 0 aromatic rings. The van der Waals surface area contributed by atoms with Crippen molar-refractivity contribution >= 4 is 0 Å². The molecule has 126 valence electrons. The summed E-state index contributed by atoms with van der Waals surface area (Å²) < 4.78 is 0. The van der Waals surface area contributed by atoms with Gasteiger partial charge in [0, 0.05) is 0 Å². The van der Waals surface area contributed by atoms with Crippen molar-refractivity contribution in [3.8, 4) is 0 Å². The largest absolute Gasteiger partial charge is 0.0596 e. The molecule has 0 aromatic carbocycles. The Hall–Kier alpha value is 0. The molecule has 4 aliphatic rings. The van der Waals surface area contributed by atoms with Gasteiger partial charge in [0.05, 0.1) is 0 Å². The van der Waals surface area contributed by atoms with Gasteiger partial charge in [-0.1, -0.05) is 58.8 Å². The summed E-state index contributed by atoms with van der Waals surface area (Å²) in [4.78, 5) is 0. The van der Waals surface area contributed by atoms with E-state index < -0.39 is 0 Å². The van der Waals surface area contributed by atoms with Crippen LogP contribution in [0.5, 0.6) is 0 Å². The summed E-state index contributed by atoms with van der Waals surface area (Å²) in [5.41, 5.74) is 1.38. The Bertz CT molecular complexity index is 367. The molecule has 4 fully saturated rings. The smallest absolute Gasteiger partial charge is 0.0259 e. The normalized spacial score (nSPS) is 47.7. The Balaban J connectivity index is 1.61. The van der Waals surface area contributed by atoms with Gasteiger partial charge in [-0.2, -0.15) is 0 Å². The highest BCUT2D eigenvalue weighted by Gasteiger charge is 2.58. The lowest BCUT2D eigenvalue weighted by Gasteiger charge is -2.48. The van der Waals surface area contributed by atoms with Crippen molar-refractivity contribution in [3.63, 3.8) is 0 Å². The van der Waals surface area contributed by atoms with Gasteiger partial charge in [0.1, 0.15) is 0 Å². The van der Waals surface area contributed by atoms with Crippen LogP contribution in [0.2, 0.25) is 0 Å². The highest BCUT2D eigenvalue weighted by molar-refractivity contribution is 5.07. The molecule has 4 rings (SSSR count). The third kappa shape index (κ3) is 2.48. The van der Waals surface area contributed by atoms with E-state index >= 15 is 0 Å². The average Bonchev–Trinajstić information content (AvgIpc) is 2.78. The molecule has 0 bridgehead atoms. The molecule has 22 heavy (non-hydrogen) atoms. The maximum atomic E-state index is 2.77. The van der Waals surface area contributed by atoms with Crippen molar-refractivity contribution in [1.82, 2.24) is 0 Å². The second-order valence-corrected chi connectivity index (χ2v) is 10.2. The topological polar surface area (TPSA) is 0 Å². The van der Waals surface area contributed by atoms with Crippen molar-refractivity contribution in [1.29, 1.82) is 0 Å². The summed E-state index contributed by atoms with van der Waals surface area (Å²) in [6, 6.07) is 0. The Labute approximate surface area is 138 Å². The van der Waals surface area contributed by atoms with Crippen LogP contribution < -0.4 is 0 Å². The fraction of sp³-hybridized carbons (Fsp3) is 1.00. The highest BCUT2D eigenvalue weighted by atomic mass is 14.6. The van der Waals surface area contributed by atoms with E-state index in [4.69, 9.17) is 0 Å². The van der Waals surface area contributed by atoms with E-state index in [0.29, 0.717) is 10.8 Å². The van der Waals surface area contributed by atoms with Gasteiger partial charge in [0.15, 0.2) is 0 Å². The minimum atomic E-state index is 0.682. The van der Waals surface area contributed by atoms with Crippen molar-refractivity contribution < 1.29 is 0 Å². The summed E-state index contributed by atoms with van der Waals surface area (Å²) >= 11 is 0. The van der Waals surface area contributed by atoms with Crippen LogP contribution in [0.25, 0.3) is 0 Å². The Kier molecular flexibility index (Phi) is 4.10. The average molecular weight is 303 g/mol. The van der Waals surface area contributed by atoms with E-state index in [-0.39, 0.29) is 0 Å². The maximum Gasteiger partial charge on any atom is -0.0259 e. The first-order valence-electron chi connectivity index (χ1n) is 10.6. The first-order chi connectivity index (χ1) is 10.6. The third-order valence-corrected chi connectivity index (χ3v) is 8.75. The Morgan fingerprint density at radius 2 is 1.14 bits per heavy atom. The molecule has 0 heterocycles. The molecule has 0 N–H and O–H groups in total. The Morgan fingerprint density at radius 1 is 0.636 bits per heavy atom. The molecule has 0 radical (unpaired) electrons. The second kappa shape index (κ2) is 5.82. The standard InChI is InChI=1S/C22H38/c1-21(14-8-3-9-15-21)16-22(2)19-12-6-4-10-17(19)18-11-5-7-13-20(18)22/h17-20H,3-16H2,1-2H3. The molecule has 0 spiro atoms. The summed E-state index contributed by atoms with van der Waals surface area (Å²) in [5, 5.41) is 0. The Morgan fingerprint density at radius 3 is 1.68 bits per heavy atom. The summed E-state index contributed by atoms with van der Waals surface area (Å²) in [6.45, 7) is 5.43. The lowest BCUT2D eigenvalue weighted by atomic mass is 9.57. The quantitative estimate of drug-likeness (QED) is 0.516. The van der Waals surface area contributed by atoms with Crippen molar-refractivity contribution in [2.24, 2.45) is 34.5 Å². The van der Waals surface area contributed by atoms with Crippen LogP contribution >= 0.6 is 0 Å². The highest BCUT2D eigenvalue weighted by Crippen LogP contribution is 2.66. The lowest BCUT2D eigenvalue weighted by molar-refractivity contribution is 0.0227. The monoisotopic (exact) mass is 302 g/mol. The molecule has 0 aromatic heterocycles. The van der Waals surface area contributed by atoms with Crippen molar-refractivity contribution in [2.45, 2.75) is 104 Å². The fourth-order valence-corrected chi connectivity index (χ4v) is 8.02. The van der Waals surface area contributed by atoms with E-state index in [1.54, 1.807) is 32.1 Å². The van der Waals surface area contributed by atoms with Gasteiger partial charge < -0.3 is 0 Å². The van der Waals surface area contributed by atoms with Gasteiger partial charge in [0.2, 0.25) is 0 Å². The minimum absolute atomic E-state index is 0.682. The molecule has 0 heteroatoms. The number of fused-ring (bicyclic) bond motifs is 3. The fourth-order valence-electron chi connectivity index (χ4n) is 8.02. The number of rotatable bonds is 2. The number of hydrogen-bond donors (Lipinski definition) is 0. The van der Waals surface area contributed by atoms with Crippen LogP contribution in [-0.2, 0) is 0 Å². The second-order valence-electron chi connectivity index (χ2n) is 10.2. The molecule has 0 aliphatic heterocycles. The molecular weight excluding hydrogens is 264 g/mol. The van der Waals surface area contributed by atoms with Crippen molar-refractivity contribution in [2.75, 3.05) is 0 Å². The lowest BCUT2D eigenvalue weighted by Crippen LogP contribution is -2.38. The van der Waals surface area contributed by atoms with Crippen molar-refractivity contribution in [3.05, 3.63) is 0 Å². The minimum Gasteiger partial charge on any atom is -0.0596 e. The predicted molar refractivity (Wildman–Crippen MR) is 94.8 cm³/mol. The summed E-state index contributed by atoms with van der Waals surface area (Å²) in [6.07, 6.45) is 21.6. The zero-order valence-electron chi connectivity index (χ0n) is 15.2. The molecule has 4 aliphatic carbocycles. The van der Waals surface area contributed by atoms with Gasteiger partial charge in [0.25, 0.3) is 0 Å². The molecular formula is C22H38. The zero-order chi connectivity index (χ0) is 15.2. The molecule has 0 amide bonds. The van der Waals surface area contributed by atoms with Gasteiger partial charge in [-0.3, -0.25) is 0 Å². The van der Waals surface area contributed by atoms with E-state index in [1.807, 2.05) is 0 Å². The van der Waals surface area contributed by atoms with Gasteiger partial charge in [-0.25, -0.2) is 0 Å². The summed E-state index contributed by atoms with van der Waals surface area (Å²) in [5.74, 6) is 4.42. The SMILES string of the molecule is CC1(CC2(C)C3CCCCC3C3CCCCC32)CCCCC1. The van der Waals surface area contributed by atoms with E-state index in [0.717, 1.165) is 23.7 Å². The molecule has 4 saturated carbocycles. The molecule has 4 atom stereocenters. The zero-order valence-corrected chi connectivity index (χ0v) is 15.2. The summed E-state index contributed by atoms with van der Waals surface area (Å²) in [7, 11) is 0. The van der Waals surface area contributed by atoms with Crippen LogP contribution in [0.3, 0.4) is 0 Å².